The van der Waals surface area contributed by atoms with Crippen molar-refractivity contribution < 1.29 is 22.6 Å². The first-order chi connectivity index (χ1) is 13.3. The Labute approximate surface area is 170 Å². The summed E-state index contributed by atoms with van der Waals surface area (Å²) in [5.41, 5.74) is 0.639. The average Bonchev–Trinajstić information content (AvgIpc) is 2.63. The van der Waals surface area contributed by atoms with Gasteiger partial charge in [0.1, 0.15) is 10.6 Å². The first kappa shape index (κ1) is 21.8. The summed E-state index contributed by atoms with van der Waals surface area (Å²) in [4.78, 5) is 2.05. The van der Waals surface area contributed by atoms with Gasteiger partial charge in [-0.3, -0.25) is 0 Å². The molecule has 0 unspecified atom stereocenters. The molecule has 0 heterocycles. The third-order valence-electron chi connectivity index (χ3n) is 3.43. The van der Waals surface area contributed by atoms with Crippen LogP contribution >= 0.6 is 11.6 Å². The molecule has 2 aromatic rings. The van der Waals surface area contributed by atoms with Gasteiger partial charge in [0.25, 0.3) is 10.0 Å². The lowest BCUT2D eigenvalue weighted by atomic mass is 10.2. The summed E-state index contributed by atoms with van der Waals surface area (Å²) in [5.74, 6) is 1.33. The van der Waals surface area contributed by atoms with Crippen LogP contribution < -0.4 is 19.0 Å². The molecule has 7 nitrogen and oxygen atoms in total. The van der Waals surface area contributed by atoms with E-state index < -0.39 is 10.0 Å². The molecule has 152 valence electrons. The number of nitrogens with zero attached hydrogens (tertiary/aromatic N) is 1. The quantitative estimate of drug-likeness (QED) is 0.486. The van der Waals surface area contributed by atoms with Gasteiger partial charge in [0, 0.05) is 5.02 Å². The third kappa shape index (κ3) is 5.77. The van der Waals surface area contributed by atoms with Gasteiger partial charge in [0.15, 0.2) is 11.5 Å². The molecule has 0 aromatic heterocycles. The highest BCUT2D eigenvalue weighted by atomic mass is 35.5. The van der Waals surface area contributed by atoms with Gasteiger partial charge in [-0.15, -0.1) is 0 Å². The van der Waals surface area contributed by atoms with E-state index in [0.29, 0.717) is 23.7 Å². The number of rotatable bonds is 9. The van der Waals surface area contributed by atoms with Gasteiger partial charge in [-0.1, -0.05) is 11.6 Å². The summed E-state index contributed by atoms with van der Waals surface area (Å²) in [6, 6.07) is 9.53. The number of sulfonamides is 1. The normalized spacial score (nSPS) is 11.6. The van der Waals surface area contributed by atoms with Crippen molar-refractivity contribution in [3.8, 4) is 17.2 Å². The minimum absolute atomic E-state index is 0.00166. The maximum absolute atomic E-state index is 12.5. The molecule has 9 heteroatoms. The molecule has 2 aromatic carbocycles. The second kappa shape index (κ2) is 9.66. The van der Waals surface area contributed by atoms with Crippen LogP contribution in [-0.4, -0.2) is 34.5 Å². The molecule has 1 N–H and O–H groups in total. The Morgan fingerprint density at radius 1 is 1.14 bits per heavy atom. The van der Waals surface area contributed by atoms with Gasteiger partial charge in [-0.05, 0) is 62.7 Å². The van der Waals surface area contributed by atoms with Crippen LogP contribution in [0.25, 0.3) is 0 Å². The molecule has 28 heavy (non-hydrogen) atoms. The summed E-state index contributed by atoms with van der Waals surface area (Å²) in [6.45, 7) is 6.18. The fraction of sp³-hybridized carbons (Fsp3) is 0.316. The molecule has 0 amide bonds. The van der Waals surface area contributed by atoms with Crippen LogP contribution in [0.2, 0.25) is 5.02 Å². The number of methoxy groups -OCH3 is 1. The highest BCUT2D eigenvalue weighted by Crippen LogP contribution is 2.29. The zero-order valence-corrected chi connectivity index (χ0v) is 17.7. The van der Waals surface area contributed by atoms with Crippen molar-refractivity contribution in [2.45, 2.75) is 31.8 Å². The Hall–Kier alpha value is -2.45. The van der Waals surface area contributed by atoms with Gasteiger partial charge in [-0.2, -0.15) is 18.4 Å². The summed E-state index contributed by atoms with van der Waals surface area (Å²) in [6.07, 6.45) is 1.37. The minimum atomic E-state index is -3.95. The van der Waals surface area contributed by atoms with Crippen molar-refractivity contribution in [1.29, 1.82) is 0 Å². The van der Waals surface area contributed by atoms with Crippen molar-refractivity contribution >= 4 is 27.8 Å². The fourth-order valence-electron chi connectivity index (χ4n) is 2.30. The first-order valence-electron chi connectivity index (χ1n) is 8.58. The zero-order valence-electron chi connectivity index (χ0n) is 16.1. The molecule has 0 spiro atoms. The van der Waals surface area contributed by atoms with Crippen molar-refractivity contribution in [3.63, 3.8) is 0 Å². The predicted molar refractivity (Wildman–Crippen MR) is 109 cm³/mol. The average molecular weight is 427 g/mol. The molecular weight excluding hydrogens is 404 g/mol. The molecule has 0 fully saturated rings. The van der Waals surface area contributed by atoms with Crippen LogP contribution in [0.5, 0.6) is 17.2 Å². The fourth-order valence-corrected chi connectivity index (χ4v) is 3.53. The lowest BCUT2D eigenvalue weighted by Gasteiger charge is -2.14. The Bertz CT molecular complexity index is 945. The topological polar surface area (TPSA) is 86.2 Å². The molecule has 2 rings (SSSR count). The maximum atomic E-state index is 12.5. The monoisotopic (exact) mass is 426 g/mol. The van der Waals surface area contributed by atoms with E-state index in [-0.39, 0.29) is 21.8 Å². The van der Waals surface area contributed by atoms with Gasteiger partial charge in [-0.25, -0.2) is 0 Å². The number of halogens is 1. The molecule has 0 aliphatic carbocycles. The SMILES string of the molecule is CCOc1cc(/C=N/NS(=O)(=O)c2cc(Cl)ccc2OC)ccc1OC(C)C. The van der Waals surface area contributed by atoms with E-state index in [4.69, 9.17) is 25.8 Å². The van der Waals surface area contributed by atoms with Crippen LogP contribution in [0.4, 0.5) is 0 Å². The summed E-state index contributed by atoms with van der Waals surface area (Å²) < 4.78 is 41.3. The van der Waals surface area contributed by atoms with Crippen molar-refractivity contribution in [2.24, 2.45) is 5.10 Å². The summed E-state index contributed by atoms with van der Waals surface area (Å²) in [5, 5.41) is 4.10. The molecule has 0 radical (unpaired) electrons. The Morgan fingerprint density at radius 3 is 2.50 bits per heavy atom. The Kier molecular flexibility index (Phi) is 7.53. The van der Waals surface area contributed by atoms with Crippen LogP contribution in [0.15, 0.2) is 46.4 Å². The van der Waals surface area contributed by atoms with Crippen LogP contribution in [-0.2, 0) is 10.0 Å². The highest BCUT2D eigenvalue weighted by molar-refractivity contribution is 7.89. The van der Waals surface area contributed by atoms with E-state index in [1.807, 2.05) is 20.8 Å². The molecule has 0 saturated heterocycles. The molecule has 0 aliphatic rings. The number of ether oxygens (including phenoxy) is 3. The largest absolute Gasteiger partial charge is 0.495 e. The molecule has 0 aliphatic heterocycles. The smallest absolute Gasteiger partial charge is 0.280 e. The van der Waals surface area contributed by atoms with Crippen molar-refractivity contribution in [2.75, 3.05) is 13.7 Å². The van der Waals surface area contributed by atoms with Crippen molar-refractivity contribution in [3.05, 3.63) is 47.0 Å². The molecule has 0 atom stereocenters. The standard InChI is InChI=1S/C19H23ClN2O5S/c1-5-26-18-10-14(6-8-16(18)27-13(2)3)12-21-22-28(23,24)19-11-15(20)7-9-17(19)25-4/h6-13,22H,5H2,1-4H3/b21-12+. The number of hydrogen-bond donors (Lipinski definition) is 1. The molecule has 0 saturated carbocycles. The lowest BCUT2D eigenvalue weighted by Crippen LogP contribution is -2.19. The maximum Gasteiger partial charge on any atom is 0.280 e. The van der Waals surface area contributed by atoms with Gasteiger partial charge < -0.3 is 14.2 Å². The second-order valence-electron chi connectivity index (χ2n) is 5.95. The third-order valence-corrected chi connectivity index (χ3v) is 4.91. The summed E-state index contributed by atoms with van der Waals surface area (Å²) in [7, 11) is -2.58. The van der Waals surface area contributed by atoms with E-state index in [2.05, 4.69) is 9.93 Å². The Balaban J connectivity index is 2.22. The van der Waals surface area contributed by atoms with Crippen molar-refractivity contribution in [1.82, 2.24) is 4.83 Å². The van der Waals surface area contributed by atoms with E-state index >= 15 is 0 Å². The molecule has 0 bridgehead atoms. The Morgan fingerprint density at radius 2 is 1.86 bits per heavy atom. The van der Waals surface area contributed by atoms with Crippen LogP contribution in [0.3, 0.4) is 0 Å². The number of nitrogens with one attached hydrogen (secondary N) is 1. The van der Waals surface area contributed by atoms with Crippen LogP contribution in [0, 0.1) is 0 Å². The van der Waals surface area contributed by atoms with Crippen LogP contribution in [0.1, 0.15) is 26.3 Å². The number of hydrogen-bond acceptors (Lipinski definition) is 6. The number of hydrazone groups is 1. The van der Waals surface area contributed by atoms with E-state index in [1.54, 1.807) is 24.3 Å². The highest BCUT2D eigenvalue weighted by Gasteiger charge is 2.19. The summed E-state index contributed by atoms with van der Waals surface area (Å²) >= 11 is 5.90. The molecular formula is C19H23ClN2O5S. The number of benzene rings is 2. The zero-order chi connectivity index (χ0) is 20.7. The van der Waals surface area contributed by atoms with Gasteiger partial charge >= 0.3 is 0 Å². The van der Waals surface area contributed by atoms with E-state index in [9.17, 15) is 8.42 Å². The first-order valence-corrected chi connectivity index (χ1v) is 10.4. The van der Waals surface area contributed by atoms with Gasteiger partial charge in [0.2, 0.25) is 0 Å². The minimum Gasteiger partial charge on any atom is -0.495 e. The lowest BCUT2D eigenvalue weighted by molar-refractivity contribution is 0.224. The second-order valence-corrected chi connectivity index (χ2v) is 8.02. The van der Waals surface area contributed by atoms with E-state index in [1.165, 1.54) is 25.5 Å². The predicted octanol–water partition coefficient (Wildman–Crippen LogP) is 3.85. The van der Waals surface area contributed by atoms with Gasteiger partial charge in [0.05, 0.1) is 26.0 Å². The van der Waals surface area contributed by atoms with E-state index in [0.717, 1.165) is 0 Å².